The van der Waals surface area contributed by atoms with Gasteiger partial charge >= 0.3 is 18.1 Å². The largest absolute Gasteiger partial charge is 0.478 e. The van der Waals surface area contributed by atoms with Crippen LogP contribution >= 0.6 is 11.8 Å². The first-order valence-corrected chi connectivity index (χ1v) is 9.79. The average molecular weight is 495 g/mol. The molecule has 0 bridgehead atoms. The lowest BCUT2D eigenvalue weighted by Crippen LogP contribution is -2.24. The zero-order valence-corrected chi connectivity index (χ0v) is 17.4. The van der Waals surface area contributed by atoms with E-state index >= 15 is 0 Å². The highest BCUT2D eigenvalue weighted by Gasteiger charge is 2.31. The van der Waals surface area contributed by atoms with Crippen molar-refractivity contribution in [2.24, 2.45) is 0 Å². The molecule has 0 aliphatic carbocycles. The number of halogens is 3. The predicted molar refractivity (Wildman–Crippen MR) is 113 cm³/mol. The number of nitro benzene ring substituents is 1. The van der Waals surface area contributed by atoms with E-state index in [4.69, 9.17) is 5.73 Å². The van der Waals surface area contributed by atoms with E-state index in [-0.39, 0.29) is 15.4 Å². The summed E-state index contributed by atoms with van der Waals surface area (Å²) in [6.07, 6.45) is -4.63. The predicted octanol–water partition coefficient (Wildman–Crippen LogP) is 4.10. The second-order valence-electron chi connectivity index (χ2n) is 6.67. The number of H-pyrrole nitrogens is 1. The smallest absolute Gasteiger partial charge is 0.416 e. The molecule has 14 heteroatoms. The Morgan fingerprint density at radius 2 is 1.71 bits per heavy atom. The lowest BCUT2D eigenvalue weighted by Gasteiger charge is -2.13. The van der Waals surface area contributed by atoms with Crippen molar-refractivity contribution in [1.29, 1.82) is 0 Å². The number of nitrogens with zero attached hydrogens (tertiary/aromatic N) is 1. The molecule has 0 unspecified atom stereocenters. The van der Waals surface area contributed by atoms with Crippen molar-refractivity contribution in [2.45, 2.75) is 16.0 Å². The summed E-state index contributed by atoms with van der Waals surface area (Å²) in [6, 6.07) is 7.10. The number of pyridine rings is 1. The van der Waals surface area contributed by atoms with E-state index in [9.17, 15) is 47.9 Å². The summed E-state index contributed by atoms with van der Waals surface area (Å²) in [4.78, 5) is 48.2. The van der Waals surface area contributed by atoms with Gasteiger partial charge in [0.05, 0.1) is 15.4 Å². The van der Waals surface area contributed by atoms with Crippen LogP contribution in [0.2, 0.25) is 0 Å². The summed E-state index contributed by atoms with van der Waals surface area (Å²) in [5.41, 5.74) is -0.0562. The minimum atomic E-state index is -4.63. The Kier molecular flexibility index (Phi) is 6.36. The molecule has 5 N–H and O–H groups in total. The van der Waals surface area contributed by atoms with E-state index in [0.29, 0.717) is 11.8 Å². The number of benzene rings is 2. The second kappa shape index (κ2) is 8.90. The molecule has 1 heterocycles. The standard InChI is InChI=1S/C20H12F3N3O7S/c21-20(22,23)9-2-1-3-10(7-9)34-12-5-4-8(6-11(12)26(32)33)13-14(18(28)29)16(24)25-17(27)15(13)19(30)31/h1-7H,(H,28,29)(H,30,31)(H3,24,25,27). The van der Waals surface area contributed by atoms with Crippen molar-refractivity contribution in [3.05, 3.63) is 79.6 Å². The van der Waals surface area contributed by atoms with Gasteiger partial charge in [0, 0.05) is 16.5 Å². The number of nitro groups is 1. The Morgan fingerprint density at radius 3 is 2.26 bits per heavy atom. The van der Waals surface area contributed by atoms with Gasteiger partial charge < -0.3 is 20.9 Å². The number of nitrogen functional groups attached to an aromatic ring is 1. The zero-order valence-electron chi connectivity index (χ0n) is 16.5. The van der Waals surface area contributed by atoms with Crippen molar-refractivity contribution in [1.82, 2.24) is 4.98 Å². The second-order valence-corrected chi connectivity index (χ2v) is 7.79. The molecule has 0 atom stereocenters. The Bertz CT molecular complexity index is 1400. The van der Waals surface area contributed by atoms with Gasteiger partial charge in [-0.3, -0.25) is 14.9 Å². The van der Waals surface area contributed by atoms with Crippen LogP contribution < -0.4 is 11.3 Å². The number of anilines is 1. The molecule has 0 aliphatic rings. The number of carbonyl (C=O) groups is 2. The van der Waals surface area contributed by atoms with Gasteiger partial charge in [0.2, 0.25) is 0 Å². The van der Waals surface area contributed by atoms with Gasteiger partial charge in [-0.15, -0.1) is 0 Å². The van der Waals surface area contributed by atoms with Crippen LogP contribution in [-0.4, -0.2) is 32.1 Å². The third kappa shape index (κ3) is 4.71. The fourth-order valence-electron chi connectivity index (χ4n) is 3.10. The van der Waals surface area contributed by atoms with Gasteiger partial charge in [-0.25, -0.2) is 9.59 Å². The highest BCUT2D eigenvalue weighted by Crippen LogP contribution is 2.40. The Balaban J connectivity index is 2.22. The Labute approximate surface area is 191 Å². The van der Waals surface area contributed by atoms with Gasteiger partial charge in [0.15, 0.2) is 0 Å². The molecule has 0 saturated carbocycles. The molecule has 0 spiro atoms. The summed E-state index contributed by atoms with van der Waals surface area (Å²) >= 11 is 0.637. The van der Waals surface area contributed by atoms with Crippen LogP contribution in [0.15, 0.2) is 57.1 Å². The van der Waals surface area contributed by atoms with Crippen molar-refractivity contribution in [2.75, 3.05) is 5.73 Å². The molecule has 0 aliphatic heterocycles. The molecule has 0 fully saturated rings. The number of aromatic nitrogens is 1. The molecule has 3 rings (SSSR count). The Hall–Kier alpha value is -4.33. The quantitative estimate of drug-likeness (QED) is 0.290. The minimum absolute atomic E-state index is 0.0310. The molecule has 176 valence electrons. The number of aromatic amines is 1. The number of nitrogens with two attached hydrogens (primary N) is 1. The van der Waals surface area contributed by atoms with Crippen molar-refractivity contribution < 1.29 is 37.9 Å². The number of aromatic carboxylic acids is 2. The fraction of sp³-hybridized carbons (Fsp3) is 0.0500. The Morgan fingerprint density at radius 1 is 1.06 bits per heavy atom. The van der Waals surface area contributed by atoms with Crippen molar-refractivity contribution >= 4 is 35.2 Å². The van der Waals surface area contributed by atoms with Gasteiger partial charge in [0.1, 0.15) is 16.9 Å². The first-order valence-electron chi connectivity index (χ1n) is 8.97. The first-order chi connectivity index (χ1) is 15.8. The highest BCUT2D eigenvalue weighted by atomic mass is 32.2. The van der Waals surface area contributed by atoms with Crippen LogP contribution in [0.1, 0.15) is 26.3 Å². The molecule has 0 amide bonds. The van der Waals surface area contributed by atoms with E-state index in [0.717, 1.165) is 36.4 Å². The minimum Gasteiger partial charge on any atom is -0.478 e. The highest BCUT2D eigenvalue weighted by molar-refractivity contribution is 7.99. The SMILES string of the molecule is Nc1[nH]c(=O)c(C(=O)O)c(-c2ccc(Sc3cccc(C(F)(F)F)c3)c([N+](=O)[O-])c2)c1C(=O)O. The number of hydrogen-bond acceptors (Lipinski definition) is 7. The normalized spacial score (nSPS) is 11.3. The molecule has 2 aromatic carbocycles. The van der Waals surface area contributed by atoms with Crippen LogP contribution in [0.4, 0.5) is 24.7 Å². The molecule has 10 nitrogen and oxygen atoms in total. The first kappa shape index (κ1) is 24.3. The number of carboxylic acids is 2. The topological polar surface area (TPSA) is 177 Å². The number of nitrogens with one attached hydrogen (secondary N) is 1. The third-order valence-electron chi connectivity index (χ3n) is 4.51. The summed E-state index contributed by atoms with van der Waals surface area (Å²) < 4.78 is 38.9. The molecule has 3 aromatic rings. The molecule has 34 heavy (non-hydrogen) atoms. The molecule has 1 aromatic heterocycles. The van der Waals surface area contributed by atoms with Crippen molar-refractivity contribution in [3.8, 4) is 11.1 Å². The summed E-state index contributed by atoms with van der Waals surface area (Å²) in [7, 11) is 0. The van der Waals surface area contributed by atoms with Gasteiger partial charge in [-0.2, -0.15) is 13.2 Å². The lowest BCUT2D eigenvalue weighted by molar-refractivity contribution is -0.387. The van der Waals surface area contributed by atoms with Crippen LogP contribution in [-0.2, 0) is 6.18 Å². The van der Waals surface area contributed by atoms with E-state index < -0.39 is 62.4 Å². The maximum absolute atomic E-state index is 13.0. The number of carboxylic acid groups (broad SMARTS) is 2. The van der Waals surface area contributed by atoms with Crippen LogP contribution in [0.25, 0.3) is 11.1 Å². The average Bonchev–Trinajstić information content (AvgIpc) is 2.72. The number of rotatable bonds is 6. The van der Waals surface area contributed by atoms with E-state index in [1.807, 2.05) is 4.98 Å². The maximum Gasteiger partial charge on any atom is 0.416 e. The van der Waals surface area contributed by atoms with Crippen LogP contribution in [0, 0.1) is 10.1 Å². The summed E-state index contributed by atoms with van der Waals surface area (Å²) in [5, 5.41) is 30.6. The fourth-order valence-corrected chi connectivity index (χ4v) is 4.06. The monoisotopic (exact) mass is 495 g/mol. The van der Waals surface area contributed by atoms with Crippen LogP contribution in [0.5, 0.6) is 0 Å². The summed E-state index contributed by atoms with van der Waals surface area (Å²) in [6.45, 7) is 0. The van der Waals surface area contributed by atoms with E-state index in [1.54, 1.807) is 0 Å². The van der Waals surface area contributed by atoms with Crippen molar-refractivity contribution in [3.63, 3.8) is 0 Å². The number of alkyl halides is 3. The van der Waals surface area contributed by atoms with E-state index in [1.165, 1.54) is 6.07 Å². The van der Waals surface area contributed by atoms with Gasteiger partial charge in [-0.05, 0) is 29.8 Å². The third-order valence-corrected chi connectivity index (χ3v) is 5.56. The van der Waals surface area contributed by atoms with Crippen LogP contribution in [0.3, 0.4) is 0 Å². The summed E-state index contributed by atoms with van der Waals surface area (Å²) in [5.74, 6) is -4.16. The lowest BCUT2D eigenvalue weighted by atomic mass is 9.95. The van der Waals surface area contributed by atoms with Gasteiger partial charge in [0.25, 0.3) is 11.2 Å². The maximum atomic E-state index is 13.0. The van der Waals surface area contributed by atoms with E-state index in [2.05, 4.69) is 0 Å². The molecule has 0 saturated heterocycles. The molecule has 0 radical (unpaired) electrons. The number of hydrogen-bond donors (Lipinski definition) is 4. The molecular formula is C20H12F3N3O7S. The zero-order chi connectivity index (χ0) is 25.4. The molecular weight excluding hydrogens is 483 g/mol. The van der Waals surface area contributed by atoms with Gasteiger partial charge in [-0.1, -0.05) is 23.9 Å².